The molecular formula is C25H19NO. The fourth-order valence-corrected chi connectivity index (χ4v) is 3.72. The van der Waals surface area contributed by atoms with Crippen LogP contribution in [0.4, 0.5) is 5.69 Å². The quantitative estimate of drug-likeness (QED) is 0.381. The van der Waals surface area contributed by atoms with Crippen LogP contribution in [-0.4, -0.2) is 7.05 Å². The highest BCUT2D eigenvalue weighted by Crippen LogP contribution is 2.34. The highest BCUT2D eigenvalue weighted by Gasteiger charge is 2.09. The van der Waals surface area contributed by atoms with E-state index in [1.165, 1.54) is 22.3 Å². The molecular weight excluding hydrogens is 330 g/mol. The highest BCUT2D eigenvalue weighted by molar-refractivity contribution is 6.06. The number of para-hydroxylation sites is 2. The van der Waals surface area contributed by atoms with Crippen molar-refractivity contribution < 1.29 is 4.42 Å². The predicted molar refractivity (Wildman–Crippen MR) is 114 cm³/mol. The van der Waals surface area contributed by atoms with E-state index in [2.05, 4.69) is 84.2 Å². The first-order valence-electron chi connectivity index (χ1n) is 9.12. The first-order chi connectivity index (χ1) is 13.3. The van der Waals surface area contributed by atoms with Gasteiger partial charge in [-0.15, -0.1) is 0 Å². The van der Waals surface area contributed by atoms with Gasteiger partial charge in [-0.1, -0.05) is 60.7 Å². The maximum absolute atomic E-state index is 5.96. The van der Waals surface area contributed by atoms with E-state index in [9.17, 15) is 0 Å². The van der Waals surface area contributed by atoms with Crippen molar-refractivity contribution in [3.8, 4) is 22.3 Å². The van der Waals surface area contributed by atoms with E-state index in [1.54, 1.807) is 0 Å². The van der Waals surface area contributed by atoms with E-state index in [-0.39, 0.29) is 0 Å². The van der Waals surface area contributed by atoms with Crippen molar-refractivity contribution in [1.29, 1.82) is 0 Å². The summed E-state index contributed by atoms with van der Waals surface area (Å²) >= 11 is 0. The van der Waals surface area contributed by atoms with Crippen LogP contribution >= 0.6 is 0 Å². The van der Waals surface area contributed by atoms with E-state index in [1.807, 2.05) is 19.2 Å². The molecule has 2 heteroatoms. The maximum Gasteiger partial charge on any atom is 0.135 e. The molecule has 0 radical (unpaired) electrons. The Bertz CT molecular complexity index is 1270. The molecule has 2 nitrogen and oxygen atoms in total. The topological polar surface area (TPSA) is 25.2 Å². The summed E-state index contributed by atoms with van der Waals surface area (Å²) in [4.78, 5) is 0. The summed E-state index contributed by atoms with van der Waals surface area (Å²) in [5.41, 5.74) is 7.79. The van der Waals surface area contributed by atoms with Gasteiger partial charge >= 0.3 is 0 Å². The van der Waals surface area contributed by atoms with Gasteiger partial charge in [0, 0.05) is 29.1 Å². The Labute approximate surface area is 158 Å². The van der Waals surface area contributed by atoms with Gasteiger partial charge in [0.2, 0.25) is 0 Å². The molecule has 0 fully saturated rings. The smallest absolute Gasteiger partial charge is 0.135 e. The minimum absolute atomic E-state index is 0.927. The lowest BCUT2D eigenvalue weighted by atomic mass is 9.97. The molecule has 0 aliphatic heterocycles. The molecule has 27 heavy (non-hydrogen) atoms. The number of nitrogens with one attached hydrogen (secondary N) is 1. The lowest BCUT2D eigenvalue weighted by Gasteiger charge is -2.11. The third-order valence-corrected chi connectivity index (χ3v) is 5.08. The third kappa shape index (κ3) is 2.67. The minimum Gasteiger partial charge on any atom is -0.456 e. The number of hydrogen-bond acceptors (Lipinski definition) is 2. The van der Waals surface area contributed by atoms with Gasteiger partial charge in [-0.25, -0.2) is 0 Å². The van der Waals surface area contributed by atoms with Gasteiger partial charge in [0.1, 0.15) is 11.2 Å². The fourth-order valence-electron chi connectivity index (χ4n) is 3.72. The van der Waals surface area contributed by atoms with Gasteiger partial charge in [-0.2, -0.15) is 0 Å². The second-order valence-corrected chi connectivity index (χ2v) is 6.69. The van der Waals surface area contributed by atoms with E-state index in [0.717, 1.165) is 27.6 Å². The zero-order valence-electron chi connectivity index (χ0n) is 15.1. The summed E-state index contributed by atoms with van der Waals surface area (Å²) in [5.74, 6) is 0. The van der Waals surface area contributed by atoms with Crippen molar-refractivity contribution in [1.82, 2.24) is 0 Å². The first kappa shape index (κ1) is 15.7. The molecule has 0 aliphatic rings. The molecule has 5 rings (SSSR count). The van der Waals surface area contributed by atoms with E-state index >= 15 is 0 Å². The molecule has 1 aromatic heterocycles. The van der Waals surface area contributed by atoms with E-state index in [4.69, 9.17) is 4.42 Å². The second-order valence-electron chi connectivity index (χ2n) is 6.69. The molecule has 0 bridgehead atoms. The SMILES string of the molecule is CNc1ccccc1-c1cccc(-c2ccc3oc4ccccc4c3c2)c1. The Kier molecular flexibility index (Phi) is 3.68. The van der Waals surface area contributed by atoms with Crippen molar-refractivity contribution >= 4 is 27.6 Å². The Morgan fingerprint density at radius 1 is 0.593 bits per heavy atom. The minimum atomic E-state index is 0.927. The summed E-state index contributed by atoms with van der Waals surface area (Å²) in [5, 5.41) is 5.60. The summed E-state index contributed by atoms with van der Waals surface area (Å²) in [7, 11) is 1.96. The van der Waals surface area contributed by atoms with Crippen molar-refractivity contribution in [3.63, 3.8) is 0 Å². The molecule has 0 amide bonds. The van der Waals surface area contributed by atoms with Gasteiger partial charge in [0.15, 0.2) is 0 Å². The molecule has 0 spiro atoms. The zero-order valence-corrected chi connectivity index (χ0v) is 15.1. The summed E-state index contributed by atoms with van der Waals surface area (Å²) in [6.07, 6.45) is 0. The van der Waals surface area contributed by atoms with Crippen LogP contribution in [0.15, 0.2) is 95.4 Å². The second kappa shape index (κ2) is 6.33. The number of benzene rings is 4. The molecule has 1 heterocycles. The van der Waals surface area contributed by atoms with Crippen LogP contribution in [0.3, 0.4) is 0 Å². The third-order valence-electron chi connectivity index (χ3n) is 5.08. The van der Waals surface area contributed by atoms with Crippen molar-refractivity contribution in [3.05, 3.63) is 91.0 Å². The summed E-state index contributed by atoms with van der Waals surface area (Å²) in [6, 6.07) is 31.7. The fraction of sp³-hybridized carbons (Fsp3) is 0.0400. The average Bonchev–Trinajstić information content (AvgIpc) is 3.11. The average molecular weight is 349 g/mol. The molecule has 0 unspecified atom stereocenters. The van der Waals surface area contributed by atoms with Crippen LogP contribution in [0.5, 0.6) is 0 Å². The zero-order chi connectivity index (χ0) is 18.2. The molecule has 4 aromatic carbocycles. The van der Waals surface area contributed by atoms with Crippen LogP contribution in [0.2, 0.25) is 0 Å². The highest BCUT2D eigenvalue weighted by atomic mass is 16.3. The van der Waals surface area contributed by atoms with Crippen LogP contribution in [0, 0.1) is 0 Å². The molecule has 1 N–H and O–H groups in total. The molecule has 0 aliphatic carbocycles. The number of rotatable bonds is 3. The number of fused-ring (bicyclic) bond motifs is 3. The molecule has 0 saturated carbocycles. The first-order valence-corrected chi connectivity index (χ1v) is 9.12. The summed E-state index contributed by atoms with van der Waals surface area (Å²) < 4.78 is 5.96. The standard InChI is InChI=1S/C25H19NO/c1-26-23-11-4-2-9-20(23)19-8-6-7-17(15-19)18-13-14-25-22(16-18)21-10-3-5-12-24(21)27-25/h2-16,26H,1H3. The van der Waals surface area contributed by atoms with Gasteiger partial charge < -0.3 is 9.73 Å². The Morgan fingerprint density at radius 3 is 2.26 bits per heavy atom. The Morgan fingerprint density at radius 2 is 1.33 bits per heavy atom. The predicted octanol–water partition coefficient (Wildman–Crippen LogP) is 6.96. The molecule has 0 atom stereocenters. The van der Waals surface area contributed by atoms with Crippen LogP contribution in [-0.2, 0) is 0 Å². The van der Waals surface area contributed by atoms with Gasteiger partial charge in [0.25, 0.3) is 0 Å². The molecule has 130 valence electrons. The van der Waals surface area contributed by atoms with E-state index in [0.29, 0.717) is 0 Å². The van der Waals surface area contributed by atoms with Gasteiger partial charge in [-0.05, 0) is 47.0 Å². The van der Waals surface area contributed by atoms with Crippen molar-refractivity contribution in [2.75, 3.05) is 12.4 Å². The van der Waals surface area contributed by atoms with Crippen LogP contribution in [0.25, 0.3) is 44.2 Å². The van der Waals surface area contributed by atoms with Crippen LogP contribution < -0.4 is 5.32 Å². The largest absolute Gasteiger partial charge is 0.456 e. The number of anilines is 1. The maximum atomic E-state index is 5.96. The Hall–Kier alpha value is -3.52. The van der Waals surface area contributed by atoms with Crippen molar-refractivity contribution in [2.45, 2.75) is 0 Å². The molecule has 0 saturated heterocycles. The van der Waals surface area contributed by atoms with Crippen LogP contribution in [0.1, 0.15) is 0 Å². The lowest BCUT2D eigenvalue weighted by Crippen LogP contribution is -1.91. The van der Waals surface area contributed by atoms with E-state index < -0.39 is 0 Å². The molecule has 5 aromatic rings. The Balaban J connectivity index is 1.66. The van der Waals surface area contributed by atoms with Gasteiger partial charge in [0.05, 0.1) is 0 Å². The lowest BCUT2D eigenvalue weighted by molar-refractivity contribution is 0.669. The number of hydrogen-bond donors (Lipinski definition) is 1. The number of furan rings is 1. The normalized spacial score (nSPS) is 11.1. The monoisotopic (exact) mass is 349 g/mol. The van der Waals surface area contributed by atoms with Crippen molar-refractivity contribution in [2.24, 2.45) is 0 Å². The summed E-state index contributed by atoms with van der Waals surface area (Å²) in [6.45, 7) is 0. The van der Waals surface area contributed by atoms with Gasteiger partial charge in [-0.3, -0.25) is 0 Å².